The number of hydrogen-bond donors (Lipinski definition) is 1. The fraction of sp³-hybridized carbons (Fsp3) is 0.385. The molecule has 2 amide bonds. The first-order valence-corrected chi connectivity index (χ1v) is 7.07. The number of nitro benzene ring substituents is 1. The van der Waals surface area contributed by atoms with Crippen molar-refractivity contribution in [2.24, 2.45) is 0 Å². The monoisotopic (exact) mass is 357 g/mol. The molecule has 0 aliphatic carbocycles. The Kier molecular flexibility index (Phi) is 5.83. The molecule has 1 atom stereocenters. The number of nitro groups is 1. The number of halogens is 1. The summed E-state index contributed by atoms with van der Waals surface area (Å²) in [4.78, 5) is 35.6. The number of nitrogens with zero attached hydrogens (tertiary/aromatic N) is 2. The number of nitrogens with one attached hydrogen (secondary N) is 1. The van der Waals surface area contributed by atoms with Crippen LogP contribution in [0.15, 0.2) is 22.7 Å². The van der Waals surface area contributed by atoms with Gasteiger partial charge in [0.15, 0.2) is 0 Å². The topological polar surface area (TPSA) is 92.6 Å². The molecule has 1 unspecified atom stereocenters. The second-order valence-corrected chi connectivity index (χ2v) is 5.33. The summed E-state index contributed by atoms with van der Waals surface area (Å²) in [6, 6.07) is 3.34. The minimum atomic E-state index is -0.704. The van der Waals surface area contributed by atoms with Gasteiger partial charge in [-0.25, -0.2) is 0 Å². The average Bonchev–Trinajstić information content (AvgIpc) is 2.45. The Hall–Kier alpha value is -1.96. The van der Waals surface area contributed by atoms with Gasteiger partial charge in [-0.05, 0) is 41.9 Å². The first kappa shape index (κ1) is 17.1. The molecule has 1 aromatic carbocycles. The molecule has 0 radical (unpaired) electrons. The van der Waals surface area contributed by atoms with Gasteiger partial charge in [0, 0.05) is 25.2 Å². The molecular formula is C13H16BrN3O4. The molecular weight excluding hydrogens is 342 g/mol. The third kappa shape index (κ3) is 4.25. The van der Waals surface area contributed by atoms with E-state index in [1.807, 2.05) is 6.92 Å². The van der Waals surface area contributed by atoms with E-state index in [2.05, 4.69) is 21.2 Å². The Balaban J connectivity index is 2.88. The summed E-state index contributed by atoms with van der Waals surface area (Å²) in [6.45, 7) is 3.92. The van der Waals surface area contributed by atoms with Crippen molar-refractivity contribution in [2.45, 2.75) is 19.9 Å². The second-order valence-electron chi connectivity index (χ2n) is 4.47. The molecule has 21 heavy (non-hydrogen) atoms. The SMILES string of the molecule is CCN(C)C(=O)C(C)NC(=O)c1ccc(Br)c([N+](=O)[O-])c1. The fourth-order valence-electron chi connectivity index (χ4n) is 1.62. The zero-order valence-corrected chi connectivity index (χ0v) is 13.5. The molecule has 114 valence electrons. The van der Waals surface area contributed by atoms with Gasteiger partial charge in [-0.15, -0.1) is 0 Å². The van der Waals surface area contributed by atoms with E-state index >= 15 is 0 Å². The lowest BCUT2D eigenvalue weighted by atomic mass is 10.1. The van der Waals surface area contributed by atoms with Crippen molar-refractivity contribution in [1.29, 1.82) is 0 Å². The quantitative estimate of drug-likeness (QED) is 0.643. The molecule has 0 saturated heterocycles. The molecule has 7 nitrogen and oxygen atoms in total. The Morgan fingerprint density at radius 2 is 2.10 bits per heavy atom. The summed E-state index contributed by atoms with van der Waals surface area (Å²) in [5.41, 5.74) is -0.0731. The van der Waals surface area contributed by atoms with Crippen LogP contribution in [0.4, 0.5) is 5.69 Å². The molecule has 0 aliphatic heterocycles. The Morgan fingerprint density at radius 1 is 1.48 bits per heavy atom. The number of hydrogen-bond acceptors (Lipinski definition) is 4. The Bertz CT molecular complexity index is 577. The van der Waals surface area contributed by atoms with Crippen molar-refractivity contribution in [3.63, 3.8) is 0 Å². The molecule has 0 heterocycles. The zero-order chi connectivity index (χ0) is 16.2. The van der Waals surface area contributed by atoms with Crippen molar-refractivity contribution in [1.82, 2.24) is 10.2 Å². The lowest BCUT2D eigenvalue weighted by Gasteiger charge is -2.20. The van der Waals surface area contributed by atoms with Crippen LogP contribution in [0, 0.1) is 10.1 Å². The van der Waals surface area contributed by atoms with Crippen LogP contribution in [0.1, 0.15) is 24.2 Å². The first-order chi connectivity index (χ1) is 9.77. The van der Waals surface area contributed by atoms with Gasteiger partial charge in [0.25, 0.3) is 11.6 Å². The number of rotatable bonds is 5. The highest BCUT2D eigenvalue weighted by Crippen LogP contribution is 2.25. The molecule has 8 heteroatoms. The van der Waals surface area contributed by atoms with Crippen LogP contribution in [0.5, 0.6) is 0 Å². The summed E-state index contributed by atoms with van der Waals surface area (Å²) >= 11 is 3.05. The van der Waals surface area contributed by atoms with Gasteiger partial charge in [-0.3, -0.25) is 19.7 Å². The van der Waals surface area contributed by atoms with E-state index in [4.69, 9.17) is 0 Å². The first-order valence-electron chi connectivity index (χ1n) is 6.27. The second kappa shape index (κ2) is 7.16. The maximum atomic E-state index is 12.0. The average molecular weight is 358 g/mol. The Morgan fingerprint density at radius 3 is 2.62 bits per heavy atom. The largest absolute Gasteiger partial charge is 0.344 e. The van der Waals surface area contributed by atoms with Crippen molar-refractivity contribution < 1.29 is 14.5 Å². The van der Waals surface area contributed by atoms with Gasteiger partial charge < -0.3 is 10.2 Å². The molecule has 0 bridgehead atoms. The van der Waals surface area contributed by atoms with E-state index in [9.17, 15) is 19.7 Å². The van der Waals surface area contributed by atoms with Crippen LogP contribution in [0.25, 0.3) is 0 Å². The predicted octanol–water partition coefficient (Wildman–Crippen LogP) is 1.95. The summed E-state index contributed by atoms with van der Waals surface area (Å²) < 4.78 is 0.291. The Labute approximate surface area is 130 Å². The third-order valence-electron chi connectivity index (χ3n) is 2.97. The van der Waals surface area contributed by atoms with E-state index in [1.54, 1.807) is 14.0 Å². The van der Waals surface area contributed by atoms with E-state index in [1.165, 1.54) is 23.1 Å². The minimum Gasteiger partial charge on any atom is -0.344 e. The smallest absolute Gasteiger partial charge is 0.284 e. The number of carbonyl (C=O) groups is 2. The standard InChI is InChI=1S/C13H16BrN3O4/c1-4-16(3)13(19)8(2)15-12(18)9-5-6-10(14)11(7-9)17(20)21/h5-8H,4H2,1-3H3,(H,15,18). The molecule has 0 saturated carbocycles. The number of carbonyl (C=O) groups excluding carboxylic acids is 2. The molecule has 0 aromatic heterocycles. The van der Waals surface area contributed by atoms with Crippen LogP contribution >= 0.6 is 15.9 Å². The van der Waals surface area contributed by atoms with Crippen LogP contribution in [-0.2, 0) is 4.79 Å². The van der Waals surface area contributed by atoms with E-state index < -0.39 is 16.9 Å². The predicted molar refractivity (Wildman–Crippen MR) is 81.0 cm³/mol. The normalized spacial score (nSPS) is 11.6. The fourth-order valence-corrected chi connectivity index (χ4v) is 2.01. The van der Waals surface area contributed by atoms with Crippen molar-refractivity contribution >= 4 is 33.4 Å². The van der Waals surface area contributed by atoms with E-state index in [0.29, 0.717) is 11.0 Å². The number of likely N-dealkylation sites (N-methyl/N-ethyl adjacent to an activating group) is 1. The van der Waals surface area contributed by atoms with Crippen LogP contribution < -0.4 is 5.32 Å². The summed E-state index contributed by atoms with van der Waals surface area (Å²) in [5.74, 6) is -0.756. The summed E-state index contributed by atoms with van der Waals surface area (Å²) in [7, 11) is 1.63. The lowest BCUT2D eigenvalue weighted by molar-refractivity contribution is -0.385. The molecule has 1 rings (SSSR count). The summed E-state index contributed by atoms with van der Waals surface area (Å²) in [5, 5.41) is 13.4. The van der Waals surface area contributed by atoms with Gasteiger partial charge in [0.05, 0.1) is 9.40 Å². The van der Waals surface area contributed by atoms with Gasteiger partial charge in [-0.2, -0.15) is 0 Å². The van der Waals surface area contributed by atoms with Crippen LogP contribution in [-0.4, -0.2) is 41.3 Å². The van der Waals surface area contributed by atoms with Crippen molar-refractivity contribution in [3.05, 3.63) is 38.3 Å². The third-order valence-corrected chi connectivity index (χ3v) is 3.64. The van der Waals surface area contributed by atoms with Gasteiger partial charge in [0.1, 0.15) is 6.04 Å². The van der Waals surface area contributed by atoms with Crippen LogP contribution in [0.3, 0.4) is 0 Å². The maximum Gasteiger partial charge on any atom is 0.284 e. The molecule has 1 N–H and O–H groups in total. The maximum absolute atomic E-state index is 12.0. The van der Waals surface area contributed by atoms with E-state index in [0.717, 1.165) is 0 Å². The molecule has 0 fully saturated rings. The highest BCUT2D eigenvalue weighted by atomic mass is 79.9. The lowest BCUT2D eigenvalue weighted by Crippen LogP contribution is -2.45. The van der Waals surface area contributed by atoms with E-state index in [-0.39, 0.29) is 17.2 Å². The van der Waals surface area contributed by atoms with Gasteiger partial charge in [-0.1, -0.05) is 0 Å². The zero-order valence-electron chi connectivity index (χ0n) is 11.9. The molecule has 0 aliphatic rings. The highest BCUT2D eigenvalue weighted by molar-refractivity contribution is 9.10. The summed E-state index contributed by atoms with van der Waals surface area (Å²) in [6.07, 6.45) is 0. The molecule has 1 aromatic rings. The minimum absolute atomic E-state index is 0.128. The van der Waals surface area contributed by atoms with Crippen LogP contribution in [0.2, 0.25) is 0 Å². The van der Waals surface area contributed by atoms with Crippen molar-refractivity contribution in [3.8, 4) is 0 Å². The molecule has 0 spiro atoms. The van der Waals surface area contributed by atoms with Crippen molar-refractivity contribution in [2.75, 3.05) is 13.6 Å². The van der Waals surface area contributed by atoms with Gasteiger partial charge in [0.2, 0.25) is 5.91 Å². The highest BCUT2D eigenvalue weighted by Gasteiger charge is 2.21. The number of benzene rings is 1. The number of amides is 2. The van der Waals surface area contributed by atoms with Gasteiger partial charge >= 0.3 is 0 Å².